The highest BCUT2D eigenvalue weighted by molar-refractivity contribution is 8.26. The van der Waals surface area contributed by atoms with Crippen LogP contribution in [0.1, 0.15) is 35.1 Å². The first-order valence-electron chi connectivity index (χ1n) is 12.3. The maximum Gasteiger partial charge on any atom is 0.303 e. The molecule has 9 nitrogen and oxygen atoms in total. The van der Waals surface area contributed by atoms with Crippen molar-refractivity contribution in [2.75, 3.05) is 37.6 Å². The van der Waals surface area contributed by atoms with Gasteiger partial charge in [0.05, 0.1) is 4.91 Å². The van der Waals surface area contributed by atoms with E-state index < -0.39 is 5.97 Å². The molecule has 0 spiro atoms. The largest absolute Gasteiger partial charge is 0.481 e. The molecule has 1 aromatic heterocycles. The van der Waals surface area contributed by atoms with E-state index in [0.29, 0.717) is 45.7 Å². The molecule has 0 unspecified atom stereocenters. The fourth-order valence-corrected chi connectivity index (χ4v) is 6.06. The molecular weight excluding hydrogens is 522 g/mol. The molecule has 0 aliphatic carbocycles. The van der Waals surface area contributed by atoms with Gasteiger partial charge in [-0.2, -0.15) is 5.26 Å². The molecule has 1 amide bonds. The molecule has 0 saturated carbocycles. The standard InChI is InChI=1S/C27H29N5O4S2/c1-18-20(15-22-26(36)32(27(37)38-22)10-6-9-23(33)34)24(29(2)25(35)21(18)16-28)31-13-11-30(12-14-31)17-19-7-4-3-5-8-19/h3-5,7-8,15H,6,9-14,17H2,1-2H3,(H,33,34)/b22-15-. The smallest absolute Gasteiger partial charge is 0.303 e. The topological polar surface area (TPSA) is 110 Å². The molecule has 2 fully saturated rings. The lowest BCUT2D eigenvalue weighted by molar-refractivity contribution is -0.137. The number of benzene rings is 1. The number of piperazine rings is 1. The van der Waals surface area contributed by atoms with E-state index in [2.05, 4.69) is 21.9 Å². The molecule has 38 heavy (non-hydrogen) atoms. The Morgan fingerprint density at radius 1 is 1.18 bits per heavy atom. The van der Waals surface area contributed by atoms with Crippen molar-refractivity contribution in [1.82, 2.24) is 14.4 Å². The number of hydrogen-bond acceptors (Lipinski definition) is 8. The number of nitriles is 1. The van der Waals surface area contributed by atoms with Gasteiger partial charge in [0.1, 0.15) is 21.8 Å². The summed E-state index contributed by atoms with van der Waals surface area (Å²) in [6, 6.07) is 12.3. The molecule has 2 aliphatic heterocycles. The number of carbonyl (C=O) groups is 2. The molecule has 0 atom stereocenters. The number of rotatable bonds is 8. The number of thiocarbonyl (C=S) groups is 1. The van der Waals surface area contributed by atoms with Crippen molar-refractivity contribution in [2.45, 2.75) is 26.3 Å². The van der Waals surface area contributed by atoms with Gasteiger partial charge in [-0.25, -0.2) is 0 Å². The van der Waals surface area contributed by atoms with Crippen LogP contribution in [0, 0.1) is 18.3 Å². The van der Waals surface area contributed by atoms with Crippen molar-refractivity contribution >= 4 is 52.1 Å². The third kappa shape index (κ3) is 5.83. The van der Waals surface area contributed by atoms with Crippen molar-refractivity contribution < 1.29 is 14.7 Å². The van der Waals surface area contributed by atoms with E-state index in [1.165, 1.54) is 15.0 Å². The lowest BCUT2D eigenvalue weighted by atomic mass is 10.0. The Kier molecular flexibility index (Phi) is 8.66. The number of carboxylic acids is 1. The Morgan fingerprint density at radius 2 is 1.87 bits per heavy atom. The van der Waals surface area contributed by atoms with Gasteiger partial charge in [0.2, 0.25) is 0 Å². The lowest BCUT2D eigenvalue weighted by Crippen LogP contribution is -2.48. The number of hydrogen-bond donors (Lipinski definition) is 1. The number of aromatic nitrogens is 1. The summed E-state index contributed by atoms with van der Waals surface area (Å²) in [4.78, 5) is 43.4. The summed E-state index contributed by atoms with van der Waals surface area (Å²) in [6.07, 6.45) is 1.96. The molecule has 1 N–H and O–H groups in total. The molecular formula is C27H29N5O4S2. The van der Waals surface area contributed by atoms with Crippen LogP contribution in [-0.4, -0.2) is 68.4 Å². The van der Waals surface area contributed by atoms with Crippen LogP contribution in [0.25, 0.3) is 6.08 Å². The van der Waals surface area contributed by atoms with Crippen molar-refractivity contribution in [1.29, 1.82) is 5.26 Å². The molecule has 2 aromatic rings. The van der Waals surface area contributed by atoms with E-state index in [1.54, 1.807) is 20.0 Å². The number of pyridine rings is 1. The average molecular weight is 552 g/mol. The van der Waals surface area contributed by atoms with E-state index in [0.717, 1.165) is 31.4 Å². The summed E-state index contributed by atoms with van der Waals surface area (Å²) in [5.41, 5.74) is 2.08. The number of amides is 1. The monoisotopic (exact) mass is 551 g/mol. The van der Waals surface area contributed by atoms with Gasteiger partial charge >= 0.3 is 5.97 Å². The van der Waals surface area contributed by atoms with E-state index in [4.69, 9.17) is 17.3 Å². The second kappa shape index (κ2) is 11.9. The Hall–Kier alpha value is -3.46. The number of aliphatic carboxylic acids is 1. The molecule has 11 heteroatoms. The zero-order valence-corrected chi connectivity index (χ0v) is 23.0. The second-order valence-corrected chi connectivity index (χ2v) is 11.0. The average Bonchev–Trinajstić information content (AvgIpc) is 3.16. The highest BCUT2D eigenvalue weighted by atomic mass is 32.2. The summed E-state index contributed by atoms with van der Waals surface area (Å²) < 4.78 is 1.86. The van der Waals surface area contributed by atoms with Crippen LogP contribution in [0.4, 0.5) is 5.82 Å². The van der Waals surface area contributed by atoms with Gasteiger partial charge in [-0.05, 0) is 30.5 Å². The molecule has 2 saturated heterocycles. The van der Waals surface area contributed by atoms with E-state index in [1.807, 2.05) is 24.3 Å². The highest BCUT2D eigenvalue weighted by Gasteiger charge is 2.33. The predicted molar refractivity (Wildman–Crippen MR) is 152 cm³/mol. The second-order valence-electron chi connectivity index (χ2n) is 9.29. The Bertz CT molecular complexity index is 1390. The molecule has 2 aliphatic rings. The minimum atomic E-state index is -0.927. The number of carboxylic acid groups (broad SMARTS) is 1. The number of thioether (sulfide) groups is 1. The van der Waals surface area contributed by atoms with Gasteiger partial charge in [-0.15, -0.1) is 0 Å². The number of carbonyl (C=O) groups excluding carboxylic acids is 1. The summed E-state index contributed by atoms with van der Waals surface area (Å²) in [5, 5.41) is 18.6. The number of anilines is 1. The van der Waals surface area contributed by atoms with E-state index in [9.17, 15) is 19.6 Å². The van der Waals surface area contributed by atoms with Crippen LogP contribution >= 0.6 is 24.0 Å². The van der Waals surface area contributed by atoms with Crippen LogP contribution in [0.5, 0.6) is 0 Å². The van der Waals surface area contributed by atoms with Crippen molar-refractivity contribution in [2.24, 2.45) is 7.05 Å². The maximum absolute atomic E-state index is 13.2. The van der Waals surface area contributed by atoms with Crippen LogP contribution in [0.15, 0.2) is 40.0 Å². The Balaban J connectivity index is 1.63. The van der Waals surface area contributed by atoms with Gasteiger partial charge in [-0.3, -0.25) is 28.8 Å². The zero-order valence-electron chi connectivity index (χ0n) is 21.3. The SMILES string of the molecule is Cc1c(/C=C2\SC(=S)N(CCCC(=O)O)C2=O)c(N2CCN(Cc3ccccc3)CC2)n(C)c(=O)c1C#N. The molecule has 0 bridgehead atoms. The van der Waals surface area contributed by atoms with Gasteiger partial charge in [-0.1, -0.05) is 54.3 Å². The molecule has 198 valence electrons. The number of nitrogens with zero attached hydrogens (tertiary/aromatic N) is 5. The van der Waals surface area contributed by atoms with Crippen LogP contribution in [0.2, 0.25) is 0 Å². The summed E-state index contributed by atoms with van der Waals surface area (Å²) in [5.74, 6) is -0.554. The fraction of sp³-hybridized carbons (Fsp3) is 0.370. The summed E-state index contributed by atoms with van der Waals surface area (Å²) in [7, 11) is 1.66. The van der Waals surface area contributed by atoms with Gasteiger partial charge in [0, 0.05) is 58.3 Å². The minimum absolute atomic E-state index is 0.0437. The molecule has 1 aromatic carbocycles. The first-order valence-corrected chi connectivity index (χ1v) is 13.6. The first kappa shape index (κ1) is 27.6. The van der Waals surface area contributed by atoms with Crippen LogP contribution < -0.4 is 10.5 Å². The third-order valence-electron chi connectivity index (χ3n) is 6.81. The maximum atomic E-state index is 13.2. The first-order chi connectivity index (χ1) is 18.2. The Morgan fingerprint density at radius 3 is 2.50 bits per heavy atom. The normalized spacial score (nSPS) is 17.3. The highest BCUT2D eigenvalue weighted by Crippen LogP contribution is 2.36. The molecule has 3 heterocycles. The van der Waals surface area contributed by atoms with Crippen LogP contribution in [0.3, 0.4) is 0 Å². The van der Waals surface area contributed by atoms with Crippen molar-refractivity contribution in [3.8, 4) is 6.07 Å². The lowest BCUT2D eigenvalue weighted by Gasteiger charge is -2.37. The van der Waals surface area contributed by atoms with E-state index >= 15 is 0 Å². The van der Waals surface area contributed by atoms with Gasteiger partial charge < -0.3 is 10.0 Å². The van der Waals surface area contributed by atoms with Crippen molar-refractivity contribution in [3.63, 3.8) is 0 Å². The van der Waals surface area contributed by atoms with Gasteiger partial charge in [0.15, 0.2) is 0 Å². The predicted octanol–water partition coefficient (Wildman–Crippen LogP) is 2.95. The minimum Gasteiger partial charge on any atom is -0.481 e. The Labute approximate surface area is 230 Å². The quantitative estimate of drug-likeness (QED) is 0.391. The van der Waals surface area contributed by atoms with Crippen LogP contribution in [-0.2, 0) is 23.2 Å². The third-order valence-corrected chi connectivity index (χ3v) is 8.19. The molecule has 4 rings (SSSR count). The van der Waals surface area contributed by atoms with Crippen molar-refractivity contribution in [3.05, 3.63) is 67.8 Å². The van der Waals surface area contributed by atoms with Gasteiger partial charge in [0.25, 0.3) is 11.5 Å². The molecule has 0 radical (unpaired) electrons. The fourth-order valence-electron chi connectivity index (χ4n) is 4.77. The summed E-state index contributed by atoms with van der Waals surface area (Å²) >= 11 is 6.55. The summed E-state index contributed by atoms with van der Waals surface area (Å²) in [6.45, 7) is 5.76. The zero-order chi connectivity index (χ0) is 27.4. The van der Waals surface area contributed by atoms with E-state index in [-0.39, 0.29) is 30.0 Å².